The maximum Gasteiger partial charge on any atom is 0.303 e. The number of rotatable bonds is 1. The number of esters is 1. The first kappa shape index (κ1) is 16.0. The van der Waals surface area contributed by atoms with E-state index in [1.165, 1.54) is 64.2 Å². The molecule has 4 saturated carbocycles. The quantitative estimate of drug-likeness (QED) is 0.597. The van der Waals surface area contributed by atoms with E-state index in [9.17, 15) is 4.79 Å². The van der Waals surface area contributed by atoms with Gasteiger partial charge in [-0.1, -0.05) is 26.7 Å². The van der Waals surface area contributed by atoms with Crippen molar-refractivity contribution in [2.24, 2.45) is 28.6 Å². The van der Waals surface area contributed by atoms with Crippen molar-refractivity contribution < 1.29 is 9.53 Å². The number of fused-ring (bicyclic) bond motifs is 5. The Bertz CT molecular complexity index is 500. The zero-order chi connectivity index (χ0) is 16.3. The van der Waals surface area contributed by atoms with Crippen molar-refractivity contribution in [3.05, 3.63) is 0 Å². The van der Waals surface area contributed by atoms with Crippen LogP contribution in [-0.4, -0.2) is 11.6 Å². The summed E-state index contributed by atoms with van der Waals surface area (Å²) in [5, 5.41) is 0. The molecule has 0 N–H and O–H groups in total. The first-order valence-electron chi connectivity index (χ1n) is 10.1. The Hall–Kier alpha value is -0.530. The van der Waals surface area contributed by atoms with Crippen LogP contribution in [0.15, 0.2) is 0 Å². The highest BCUT2D eigenvalue weighted by atomic mass is 16.6. The second-order valence-electron chi connectivity index (χ2n) is 9.67. The molecule has 0 aliphatic heterocycles. The third kappa shape index (κ3) is 2.09. The molecule has 23 heavy (non-hydrogen) atoms. The molecule has 2 heteroatoms. The van der Waals surface area contributed by atoms with Gasteiger partial charge in [-0.05, 0) is 75.0 Å². The Morgan fingerprint density at radius 3 is 2.48 bits per heavy atom. The predicted molar refractivity (Wildman–Crippen MR) is 92.0 cm³/mol. The average Bonchev–Trinajstić information content (AvgIpc) is 2.83. The molecular weight excluding hydrogens is 284 g/mol. The van der Waals surface area contributed by atoms with Crippen molar-refractivity contribution >= 4 is 5.97 Å². The summed E-state index contributed by atoms with van der Waals surface area (Å²) in [4.78, 5) is 12.0. The molecule has 2 nitrogen and oxygen atoms in total. The number of hydrogen-bond acceptors (Lipinski definition) is 2. The molecule has 0 bridgehead atoms. The topological polar surface area (TPSA) is 26.3 Å². The van der Waals surface area contributed by atoms with E-state index in [-0.39, 0.29) is 17.0 Å². The van der Waals surface area contributed by atoms with E-state index >= 15 is 0 Å². The Balaban J connectivity index is 1.73. The zero-order valence-corrected chi connectivity index (χ0v) is 15.3. The van der Waals surface area contributed by atoms with Gasteiger partial charge in [0.05, 0.1) is 0 Å². The number of carbonyl (C=O) groups is 1. The first-order chi connectivity index (χ1) is 10.9. The van der Waals surface area contributed by atoms with E-state index in [0.29, 0.717) is 11.3 Å². The summed E-state index contributed by atoms with van der Waals surface area (Å²) in [6, 6.07) is 0. The maximum atomic E-state index is 12.0. The minimum atomic E-state index is -0.146. The SMILES string of the molecule is CC(=O)O[C@@]12CCC[C@@]1(C)CC[C@H]1[C@H]2CC[C@H]2CCCC[C@@]21C. The fourth-order valence-corrected chi connectivity index (χ4v) is 7.73. The van der Waals surface area contributed by atoms with Crippen LogP contribution in [0.5, 0.6) is 0 Å². The van der Waals surface area contributed by atoms with Gasteiger partial charge < -0.3 is 4.74 Å². The minimum Gasteiger partial charge on any atom is -0.458 e. The van der Waals surface area contributed by atoms with Crippen LogP contribution in [-0.2, 0) is 9.53 Å². The molecule has 130 valence electrons. The highest BCUT2D eigenvalue weighted by Gasteiger charge is 2.66. The van der Waals surface area contributed by atoms with E-state index in [4.69, 9.17) is 4.74 Å². The van der Waals surface area contributed by atoms with E-state index in [1.807, 2.05) is 0 Å². The summed E-state index contributed by atoms with van der Waals surface area (Å²) in [5.74, 6) is 2.28. The Kier molecular flexibility index (Phi) is 3.63. The molecule has 0 spiro atoms. The van der Waals surface area contributed by atoms with Gasteiger partial charge in [0.25, 0.3) is 0 Å². The molecule has 4 aliphatic carbocycles. The van der Waals surface area contributed by atoms with Crippen molar-refractivity contribution in [3.8, 4) is 0 Å². The Morgan fingerprint density at radius 1 is 0.870 bits per heavy atom. The van der Waals surface area contributed by atoms with Crippen molar-refractivity contribution in [2.75, 3.05) is 0 Å². The summed E-state index contributed by atoms with van der Waals surface area (Å²) in [6.07, 6.45) is 14.6. The van der Waals surface area contributed by atoms with Gasteiger partial charge in [0.2, 0.25) is 0 Å². The molecule has 4 aliphatic rings. The molecule has 0 unspecified atom stereocenters. The van der Waals surface area contributed by atoms with Crippen molar-refractivity contribution in [1.82, 2.24) is 0 Å². The smallest absolute Gasteiger partial charge is 0.303 e. The number of ether oxygens (including phenoxy) is 1. The zero-order valence-electron chi connectivity index (χ0n) is 15.3. The van der Waals surface area contributed by atoms with Gasteiger partial charge in [-0.25, -0.2) is 0 Å². The lowest BCUT2D eigenvalue weighted by Gasteiger charge is -2.63. The van der Waals surface area contributed by atoms with Gasteiger partial charge in [-0.2, -0.15) is 0 Å². The van der Waals surface area contributed by atoms with Crippen LogP contribution < -0.4 is 0 Å². The van der Waals surface area contributed by atoms with E-state index in [0.717, 1.165) is 18.3 Å². The molecule has 0 aromatic heterocycles. The molecule has 0 saturated heterocycles. The van der Waals surface area contributed by atoms with Crippen LogP contribution in [0, 0.1) is 28.6 Å². The van der Waals surface area contributed by atoms with Gasteiger partial charge in [-0.15, -0.1) is 0 Å². The standard InChI is InChI=1S/C21H34O2/c1-15(22)23-21-13-6-11-19(21,2)14-10-17-18(21)9-8-16-7-4-5-12-20(16,17)3/h16-18H,4-14H2,1-3H3/t16-,17+,18-,19+,20+,21-/m1/s1. The molecule has 6 atom stereocenters. The Morgan fingerprint density at radius 2 is 1.70 bits per heavy atom. The third-order valence-electron chi connectivity index (χ3n) is 8.84. The lowest BCUT2D eigenvalue weighted by atomic mass is 9.44. The average molecular weight is 319 g/mol. The summed E-state index contributed by atoms with van der Waals surface area (Å²) in [7, 11) is 0. The Labute approximate surface area is 141 Å². The monoisotopic (exact) mass is 318 g/mol. The summed E-state index contributed by atoms with van der Waals surface area (Å²) >= 11 is 0. The second kappa shape index (κ2) is 5.23. The second-order valence-corrected chi connectivity index (χ2v) is 9.67. The lowest BCUT2D eigenvalue weighted by Crippen LogP contribution is -2.62. The van der Waals surface area contributed by atoms with Crippen molar-refractivity contribution in [2.45, 2.75) is 97.0 Å². The van der Waals surface area contributed by atoms with E-state index in [2.05, 4.69) is 13.8 Å². The first-order valence-corrected chi connectivity index (χ1v) is 10.1. The molecule has 0 radical (unpaired) electrons. The van der Waals surface area contributed by atoms with E-state index in [1.54, 1.807) is 6.92 Å². The normalized spacial score (nSPS) is 52.2. The highest BCUT2D eigenvalue weighted by molar-refractivity contribution is 5.67. The van der Waals surface area contributed by atoms with E-state index < -0.39 is 0 Å². The maximum absolute atomic E-state index is 12.0. The molecule has 4 rings (SSSR count). The van der Waals surface area contributed by atoms with Crippen LogP contribution in [0.2, 0.25) is 0 Å². The lowest BCUT2D eigenvalue weighted by molar-refractivity contribution is -0.221. The molecule has 0 heterocycles. The molecule has 0 aromatic rings. The van der Waals surface area contributed by atoms with Crippen LogP contribution in [0.4, 0.5) is 0 Å². The van der Waals surface area contributed by atoms with Gasteiger partial charge in [0.1, 0.15) is 5.60 Å². The van der Waals surface area contributed by atoms with Crippen LogP contribution in [0.3, 0.4) is 0 Å². The summed E-state index contributed by atoms with van der Waals surface area (Å²) in [5.41, 5.74) is 0.600. The number of hydrogen-bond donors (Lipinski definition) is 0. The minimum absolute atomic E-state index is 0.0466. The van der Waals surface area contributed by atoms with Crippen LogP contribution in [0.25, 0.3) is 0 Å². The predicted octanol–water partition coefficient (Wildman–Crippen LogP) is 5.50. The molecule has 0 amide bonds. The van der Waals surface area contributed by atoms with Crippen molar-refractivity contribution in [3.63, 3.8) is 0 Å². The van der Waals surface area contributed by atoms with Gasteiger partial charge in [-0.3, -0.25) is 4.79 Å². The van der Waals surface area contributed by atoms with Crippen LogP contribution in [0.1, 0.15) is 91.4 Å². The third-order valence-corrected chi connectivity index (χ3v) is 8.84. The van der Waals surface area contributed by atoms with Gasteiger partial charge in [0.15, 0.2) is 0 Å². The summed E-state index contributed by atoms with van der Waals surface area (Å²) in [6.45, 7) is 6.65. The summed E-state index contributed by atoms with van der Waals surface area (Å²) < 4.78 is 6.26. The highest BCUT2D eigenvalue weighted by Crippen LogP contribution is 2.68. The van der Waals surface area contributed by atoms with Gasteiger partial charge in [0, 0.05) is 18.3 Å². The fraction of sp³-hybridized carbons (Fsp3) is 0.952. The largest absolute Gasteiger partial charge is 0.458 e. The van der Waals surface area contributed by atoms with Gasteiger partial charge >= 0.3 is 5.97 Å². The van der Waals surface area contributed by atoms with Crippen molar-refractivity contribution in [1.29, 1.82) is 0 Å². The molecule has 0 aromatic carbocycles. The fourth-order valence-electron chi connectivity index (χ4n) is 7.73. The molecule has 4 fully saturated rings. The van der Waals surface area contributed by atoms with Crippen LogP contribution >= 0.6 is 0 Å². The molecular formula is C21H34O2. The number of carbonyl (C=O) groups excluding carboxylic acids is 1.